The summed E-state index contributed by atoms with van der Waals surface area (Å²) < 4.78 is 39.1. The number of pyridine rings is 1. The van der Waals surface area contributed by atoms with Gasteiger partial charge in [-0.3, -0.25) is 9.52 Å². The van der Waals surface area contributed by atoms with Crippen molar-refractivity contribution in [2.45, 2.75) is 11.3 Å². The van der Waals surface area contributed by atoms with Gasteiger partial charge in [0.2, 0.25) is 5.88 Å². The molecule has 10 heteroatoms. The third-order valence-corrected chi connectivity index (χ3v) is 5.90. The molecule has 0 saturated carbocycles. The van der Waals surface area contributed by atoms with E-state index >= 15 is 0 Å². The van der Waals surface area contributed by atoms with Crippen LogP contribution in [-0.4, -0.2) is 44.6 Å². The van der Waals surface area contributed by atoms with E-state index in [1.165, 1.54) is 31.5 Å². The summed E-state index contributed by atoms with van der Waals surface area (Å²) in [7, 11) is -2.61. The van der Waals surface area contributed by atoms with Crippen LogP contribution in [0.15, 0.2) is 39.8 Å². The Kier molecular flexibility index (Phi) is 5.68. The minimum Gasteiger partial charge on any atom is -0.495 e. The second-order valence-electron chi connectivity index (χ2n) is 5.96. The van der Waals surface area contributed by atoms with Crippen LogP contribution < -0.4 is 14.2 Å². The summed E-state index contributed by atoms with van der Waals surface area (Å²) in [6.45, 7) is -0.00947. The van der Waals surface area contributed by atoms with Crippen LogP contribution in [0.1, 0.15) is 16.8 Å². The van der Waals surface area contributed by atoms with Crippen molar-refractivity contribution in [3.63, 3.8) is 0 Å². The minimum absolute atomic E-state index is 0.0581. The summed E-state index contributed by atoms with van der Waals surface area (Å²) in [5, 5.41) is 9.26. The second-order valence-corrected chi connectivity index (χ2v) is 8.53. The van der Waals surface area contributed by atoms with Gasteiger partial charge in [-0.15, -0.1) is 0 Å². The largest absolute Gasteiger partial charge is 0.495 e. The highest BCUT2D eigenvalue weighted by Crippen LogP contribution is 2.31. The molecule has 144 valence electrons. The first-order valence-corrected chi connectivity index (χ1v) is 10.2. The number of aliphatic hydroxyl groups is 1. The van der Waals surface area contributed by atoms with Crippen LogP contribution in [-0.2, 0) is 10.0 Å². The average molecular weight is 457 g/mol. The SMILES string of the molecule is COc1ccc(Br)cc1S(=O)(=O)Nc1cnc2c(c1)C(=O)C[C@@H](CO)CO2. The van der Waals surface area contributed by atoms with Crippen molar-refractivity contribution in [2.75, 3.05) is 25.0 Å². The molecule has 2 heterocycles. The fourth-order valence-corrected chi connectivity index (χ4v) is 4.38. The van der Waals surface area contributed by atoms with E-state index in [9.17, 15) is 18.3 Å². The summed E-state index contributed by atoms with van der Waals surface area (Å²) in [6.07, 6.45) is 1.37. The maximum atomic E-state index is 12.8. The van der Waals surface area contributed by atoms with Crippen molar-refractivity contribution in [3.8, 4) is 11.6 Å². The average Bonchev–Trinajstić information content (AvgIpc) is 2.80. The Hall–Kier alpha value is -2.17. The van der Waals surface area contributed by atoms with Gasteiger partial charge in [0.05, 0.1) is 31.2 Å². The van der Waals surface area contributed by atoms with Gasteiger partial charge in [-0.1, -0.05) is 15.9 Å². The number of fused-ring (bicyclic) bond motifs is 1. The number of sulfonamides is 1. The molecule has 0 spiro atoms. The van der Waals surface area contributed by atoms with Gasteiger partial charge in [0.25, 0.3) is 10.0 Å². The van der Waals surface area contributed by atoms with Crippen molar-refractivity contribution in [3.05, 3.63) is 40.5 Å². The molecule has 1 aliphatic heterocycles. The van der Waals surface area contributed by atoms with Crippen LogP contribution in [0.2, 0.25) is 0 Å². The van der Waals surface area contributed by atoms with Gasteiger partial charge in [-0.05, 0) is 24.3 Å². The van der Waals surface area contributed by atoms with Crippen molar-refractivity contribution >= 4 is 37.4 Å². The van der Waals surface area contributed by atoms with E-state index in [-0.39, 0.29) is 59.1 Å². The van der Waals surface area contributed by atoms with Crippen molar-refractivity contribution in [1.82, 2.24) is 4.98 Å². The van der Waals surface area contributed by atoms with Gasteiger partial charge in [0.15, 0.2) is 5.78 Å². The molecule has 1 aromatic carbocycles. The predicted octanol–water partition coefficient (Wildman–Crippen LogP) is 2.23. The number of aliphatic hydroxyl groups excluding tert-OH is 1. The molecule has 0 amide bonds. The highest BCUT2D eigenvalue weighted by atomic mass is 79.9. The smallest absolute Gasteiger partial charge is 0.265 e. The number of methoxy groups -OCH3 is 1. The lowest BCUT2D eigenvalue weighted by molar-refractivity contribution is 0.0927. The summed E-state index contributed by atoms with van der Waals surface area (Å²) in [6, 6.07) is 5.99. The molecule has 2 aromatic rings. The number of benzene rings is 1. The third-order valence-electron chi connectivity index (χ3n) is 4.01. The van der Waals surface area contributed by atoms with Crippen LogP contribution in [0.5, 0.6) is 11.6 Å². The number of rotatable bonds is 5. The molecule has 0 radical (unpaired) electrons. The highest BCUT2D eigenvalue weighted by molar-refractivity contribution is 9.10. The number of hydrogen-bond acceptors (Lipinski definition) is 7. The molecule has 1 aromatic heterocycles. The van der Waals surface area contributed by atoms with Crippen LogP contribution in [0.4, 0.5) is 5.69 Å². The summed E-state index contributed by atoms with van der Waals surface area (Å²) in [5.41, 5.74) is 0.294. The van der Waals surface area contributed by atoms with Crippen LogP contribution in [0.3, 0.4) is 0 Å². The lowest BCUT2D eigenvalue weighted by Gasteiger charge is -2.13. The zero-order valence-corrected chi connectivity index (χ0v) is 16.7. The number of nitrogens with one attached hydrogen (secondary N) is 1. The Labute approximate surface area is 164 Å². The molecule has 8 nitrogen and oxygen atoms in total. The zero-order chi connectivity index (χ0) is 19.6. The molecule has 27 heavy (non-hydrogen) atoms. The Bertz CT molecular complexity index is 979. The molecule has 0 fully saturated rings. The number of anilines is 1. The fraction of sp³-hybridized carbons (Fsp3) is 0.294. The number of Topliss-reactive ketones (excluding diaryl/α,β-unsaturated/α-hetero) is 1. The van der Waals surface area contributed by atoms with Gasteiger partial charge < -0.3 is 14.6 Å². The number of aromatic nitrogens is 1. The van der Waals surface area contributed by atoms with E-state index in [0.29, 0.717) is 4.47 Å². The first-order valence-electron chi connectivity index (χ1n) is 7.97. The topological polar surface area (TPSA) is 115 Å². The second kappa shape index (κ2) is 7.83. The number of carbonyl (C=O) groups is 1. The minimum atomic E-state index is -3.98. The predicted molar refractivity (Wildman–Crippen MR) is 101 cm³/mol. The summed E-state index contributed by atoms with van der Waals surface area (Å²) in [4.78, 5) is 16.4. The maximum absolute atomic E-state index is 12.8. The third kappa shape index (κ3) is 4.23. The number of hydrogen-bond donors (Lipinski definition) is 2. The lowest BCUT2D eigenvalue weighted by atomic mass is 10.0. The van der Waals surface area contributed by atoms with E-state index in [1.54, 1.807) is 6.07 Å². The van der Waals surface area contributed by atoms with E-state index in [4.69, 9.17) is 9.47 Å². The standard InChI is InChI=1S/C17H17BrN2O6S/c1-25-15-3-2-11(18)5-16(15)27(23,24)20-12-6-13-14(22)4-10(8-21)9-26-17(13)19-7-12/h2-3,5-7,10,20-21H,4,8-9H2,1H3/t10-/m0/s1. The molecule has 1 aliphatic rings. The summed E-state index contributed by atoms with van der Waals surface area (Å²) in [5.74, 6) is -0.287. The number of ketones is 1. The molecular formula is C17H17BrN2O6S. The van der Waals surface area contributed by atoms with E-state index in [2.05, 4.69) is 25.6 Å². The number of ether oxygens (including phenoxy) is 2. The van der Waals surface area contributed by atoms with E-state index < -0.39 is 10.0 Å². The number of halogens is 1. The summed E-state index contributed by atoms with van der Waals surface area (Å²) >= 11 is 3.24. The quantitative estimate of drug-likeness (QED) is 0.708. The van der Waals surface area contributed by atoms with Crippen molar-refractivity contribution in [2.24, 2.45) is 5.92 Å². The molecule has 0 aliphatic carbocycles. The van der Waals surface area contributed by atoms with Crippen LogP contribution in [0, 0.1) is 5.92 Å². The van der Waals surface area contributed by atoms with E-state index in [1.807, 2.05) is 0 Å². The Morgan fingerprint density at radius 3 is 2.89 bits per heavy atom. The van der Waals surface area contributed by atoms with Crippen LogP contribution in [0.25, 0.3) is 0 Å². The Balaban J connectivity index is 1.93. The number of nitrogens with zero attached hydrogens (tertiary/aromatic N) is 1. The highest BCUT2D eigenvalue weighted by Gasteiger charge is 2.26. The molecule has 0 unspecified atom stereocenters. The van der Waals surface area contributed by atoms with Gasteiger partial charge in [0.1, 0.15) is 10.6 Å². The molecule has 1 atom stereocenters. The van der Waals surface area contributed by atoms with E-state index in [0.717, 1.165) is 0 Å². The normalized spacial score (nSPS) is 16.9. The van der Waals surface area contributed by atoms with Crippen molar-refractivity contribution in [1.29, 1.82) is 0 Å². The maximum Gasteiger partial charge on any atom is 0.265 e. The van der Waals surface area contributed by atoms with Crippen molar-refractivity contribution < 1.29 is 27.8 Å². The van der Waals surface area contributed by atoms with Crippen LogP contribution >= 0.6 is 15.9 Å². The molecular weight excluding hydrogens is 440 g/mol. The molecule has 0 saturated heterocycles. The van der Waals surface area contributed by atoms with Gasteiger partial charge in [-0.2, -0.15) is 0 Å². The van der Waals surface area contributed by atoms with Gasteiger partial charge in [0, 0.05) is 23.4 Å². The molecule has 3 rings (SSSR count). The van der Waals surface area contributed by atoms with Gasteiger partial charge >= 0.3 is 0 Å². The lowest BCUT2D eigenvalue weighted by Crippen LogP contribution is -2.16. The first kappa shape index (κ1) is 19.6. The fourth-order valence-electron chi connectivity index (χ4n) is 2.64. The molecule has 0 bridgehead atoms. The zero-order valence-electron chi connectivity index (χ0n) is 14.3. The Morgan fingerprint density at radius 2 is 2.19 bits per heavy atom. The Morgan fingerprint density at radius 1 is 1.41 bits per heavy atom. The first-order chi connectivity index (χ1) is 12.8. The number of carbonyl (C=O) groups excluding carboxylic acids is 1. The monoisotopic (exact) mass is 456 g/mol. The molecule has 2 N–H and O–H groups in total. The van der Waals surface area contributed by atoms with Gasteiger partial charge in [-0.25, -0.2) is 13.4 Å².